The van der Waals surface area contributed by atoms with Gasteiger partial charge in [0.25, 0.3) is 5.56 Å². The number of aromatic hydroxyl groups is 1. The van der Waals surface area contributed by atoms with Crippen LogP contribution in [0.2, 0.25) is 0 Å². The van der Waals surface area contributed by atoms with E-state index in [1.165, 1.54) is 36.4 Å². The van der Waals surface area contributed by atoms with Crippen molar-refractivity contribution in [2.45, 2.75) is 0 Å². The van der Waals surface area contributed by atoms with Crippen molar-refractivity contribution in [3.8, 4) is 11.4 Å². The van der Waals surface area contributed by atoms with Crippen LogP contribution in [0.4, 0.5) is 4.39 Å². The molecule has 20 heavy (non-hydrogen) atoms. The molecule has 1 aromatic heterocycles. The molecule has 0 aliphatic heterocycles. The maximum absolute atomic E-state index is 13.8. The van der Waals surface area contributed by atoms with Gasteiger partial charge in [0.2, 0.25) is 0 Å². The van der Waals surface area contributed by atoms with Crippen LogP contribution in [-0.2, 0) is 0 Å². The normalized spacial score (nSPS) is 10.8. The highest BCUT2D eigenvalue weighted by Gasteiger charge is 2.12. The SMILES string of the molecule is O=c1[nH]c2cccc(F)c2c(=O)n1-c1cccc(O)c1. The van der Waals surface area contributed by atoms with Crippen LogP contribution < -0.4 is 11.2 Å². The number of rotatable bonds is 1. The number of fused-ring (bicyclic) bond motifs is 1. The molecule has 0 radical (unpaired) electrons. The third kappa shape index (κ3) is 1.78. The van der Waals surface area contributed by atoms with Gasteiger partial charge in [-0.25, -0.2) is 13.8 Å². The zero-order valence-electron chi connectivity index (χ0n) is 10.1. The molecule has 6 heteroatoms. The molecule has 2 N–H and O–H groups in total. The minimum absolute atomic E-state index is 0.0950. The largest absolute Gasteiger partial charge is 0.508 e. The summed E-state index contributed by atoms with van der Waals surface area (Å²) >= 11 is 0. The number of halogens is 1. The Bertz CT molecular complexity index is 928. The van der Waals surface area contributed by atoms with Crippen molar-refractivity contribution in [2.24, 2.45) is 0 Å². The number of hydrogen-bond donors (Lipinski definition) is 2. The minimum Gasteiger partial charge on any atom is -0.508 e. The van der Waals surface area contributed by atoms with E-state index in [0.29, 0.717) is 0 Å². The standard InChI is InChI=1S/C14H9FN2O3/c15-10-5-2-6-11-12(10)13(19)17(14(20)16-11)8-3-1-4-9(18)7-8/h1-7,18H,(H,16,20). The molecule has 0 saturated carbocycles. The van der Waals surface area contributed by atoms with E-state index in [9.17, 15) is 19.1 Å². The van der Waals surface area contributed by atoms with Gasteiger partial charge in [-0.1, -0.05) is 12.1 Å². The first-order chi connectivity index (χ1) is 9.58. The smallest absolute Gasteiger partial charge is 0.333 e. The Balaban J connectivity index is 2.46. The van der Waals surface area contributed by atoms with Crippen molar-refractivity contribution in [1.82, 2.24) is 9.55 Å². The van der Waals surface area contributed by atoms with E-state index < -0.39 is 17.1 Å². The van der Waals surface area contributed by atoms with Crippen molar-refractivity contribution in [3.63, 3.8) is 0 Å². The number of aromatic amines is 1. The highest BCUT2D eigenvalue weighted by atomic mass is 19.1. The summed E-state index contributed by atoms with van der Waals surface area (Å²) in [7, 11) is 0. The summed E-state index contributed by atoms with van der Waals surface area (Å²) in [5.41, 5.74) is -1.16. The molecule has 0 aliphatic carbocycles. The molecule has 2 aromatic carbocycles. The second-order valence-electron chi connectivity index (χ2n) is 4.25. The van der Waals surface area contributed by atoms with Crippen LogP contribution in [0.1, 0.15) is 0 Å². The van der Waals surface area contributed by atoms with Gasteiger partial charge in [0.1, 0.15) is 11.6 Å². The molecule has 0 saturated heterocycles. The Kier molecular flexibility index (Phi) is 2.64. The average Bonchev–Trinajstić information content (AvgIpc) is 2.38. The Morgan fingerprint density at radius 3 is 2.60 bits per heavy atom. The summed E-state index contributed by atoms with van der Waals surface area (Å²) < 4.78 is 14.6. The van der Waals surface area contributed by atoms with Gasteiger partial charge in [0.15, 0.2) is 0 Å². The van der Waals surface area contributed by atoms with E-state index in [1.807, 2.05) is 0 Å². The summed E-state index contributed by atoms with van der Waals surface area (Å²) in [6, 6.07) is 9.63. The van der Waals surface area contributed by atoms with E-state index in [4.69, 9.17) is 0 Å². The fourth-order valence-corrected chi connectivity index (χ4v) is 2.09. The maximum Gasteiger partial charge on any atom is 0.333 e. The van der Waals surface area contributed by atoms with E-state index in [2.05, 4.69) is 4.98 Å². The fraction of sp³-hybridized carbons (Fsp3) is 0. The van der Waals surface area contributed by atoms with Gasteiger partial charge >= 0.3 is 5.69 Å². The molecule has 0 aliphatic rings. The molecule has 0 unspecified atom stereocenters. The number of phenols is 1. The van der Waals surface area contributed by atoms with Crippen LogP contribution >= 0.6 is 0 Å². The van der Waals surface area contributed by atoms with Crippen molar-refractivity contribution in [1.29, 1.82) is 0 Å². The van der Waals surface area contributed by atoms with E-state index >= 15 is 0 Å². The van der Waals surface area contributed by atoms with Gasteiger partial charge in [-0.15, -0.1) is 0 Å². The van der Waals surface area contributed by atoms with E-state index in [-0.39, 0.29) is 22.3 Å². The summed E-state index contributed by atoms with van der Waals surface area (Å²) in [6.07, 6.45) is 0. The van der Waals surface area contributed by atoms with E-state index in [1.54, 1.807) is 0 Å². The highest BCUT2D eigenvalue weighted by molar-refractivity contribution is 5.78. The van der Waals surface area contributed by atoms with Crippen LogP contribution in [0.25, 0.3) is 16.6 Å². The summed E-state index contributed by atoms with van der Waals surface area (Å²) in [5.74, 6) is -0.805. The molecule has 0 amide bonds. The number of hydrogen-bond acceptors (Lipinski definition) is 3. The number of nitrogens with one attached hydrogen (secondary N) is 1. The number of phenolic OH excluding ortho intramolecular Hbond substituents is 1. The molecular weight excluding hydrogens is 263 g/mol. The molecule has 5 nitrogen and oxygen atoms in total. The van der Waals surface area contributed by atoms with Gasteiger partial charge in [-0.3, -0.25) is 4.79 Å². The Morgan fingerprint density at radius 1 is 1.10 bits per heavy atom. The van der Waals surface area contributed by atoms with Gasteiger partial charge in [0, 0.05) is 6.07 Å². The molecule has 0 fully saturated rings. The lowest BCUT2D eigenvalue weighted by Crippen LogP contribution is -2.34. The predicted molar refractivity (Wildman–Crippen MR) is 71.8 cm³/mol. The van der Waals surface area contributed by atoms with Crippen molar-refractivity contribution in [3.05, 3.63) is 69.1 Å². The molecule has 0 atom stereocenters. The van der Waals surface area contributed by atoms with E-state index in [0.717, 1.165) is 10.6 Å². The first-order valence-corrected chi connectivity index (χ1v) is 5.81. The third-order valence-electron chi connectivity index (χ3n) is 2.96. The molecule has 100 valence electrons. The average molecular weight is 272 g/mol. The van der Waals surface area contributed by atoms with Gasteiger partial charge in [-0.2, -0.15) is 0 Å². The van der Waals surface area contributed by atoms with Crippen molar-refractivity contribution in [2.75, 3.05) is 0 Å². The lowest BCUT2D eigenvalue weighted by molar-refractivity contribution is 0.475. The van der Waals surface area contributed by atoms with Gasteiger partial charge in [-0.05, 0) is 24.3 Å². The third-order valence-corrected chi connectivity index (χ3v) is 2.96. The summed E-state index contributed by atoms with van der Waals surface area (Å²) in [6.45, 7) is 0. The molecule has 3 aromatic rings. The van der Waals surface area contributed by atoms with Crippen LogP contribution in [0.3, 0.4) is 0 Å². The Labute approximate surface area is 111 Å². The molecule has 0 spiro atoms. The second-order valence-corrected chi connectivity index (χ2v) is 4.25. The van der Waals surface area contributed by atoms with Crippen molar-refractivity contribution < 1.29 is 9.50 Å². The summed E-state index contributed by atoms with van der Waals surface area (Å²) in [4.78, 5) is 26.7. The van der Waals surface area contributed by atoms with Crippen LogP contribution in [0.5, 0.6) is 5.75 Å². The first kappa shape index (κ1) is 12.2. The Hall–Kier alpha value is -2.89. The Morgan fingerprint density at radius 2 is 1.85 bits per heavy atom. The van der Waals surface area contributed by atoms with Gasteiger partial charge < -0.3 is 10.1 Å². The van der Waals surface area contributed by atoms with Gasteiger partial charge in [0.05, 0.1) is 16.6 Å². The number of H-pyrrole nitrogens is 1. The fourth-order valence-electron chi connectivity index (χ4n) is 2.09. The number of nitrogens with zero attached hydrogens (tertiary/aromatic N) is 1. The van der Waals surface area contributed by atoms with Crippen LogP contribution in [0, 0.1) is 5.82 Å². The number of aromatic nitrogens is 2. The molecule has 3 rings (SSSR count). The summed E-state index contributed by atoms with van der Waals surface area (Å²) in [5, 5.41) is 9.22. The lowest BCUT2D eigenvalue weighted by Gasteiger charge is -2.07. The molecule has 1 heterocycles. The topological polar surface area (TPSA) is 75.1 Å². The quantitative estimate of drug-likeness (QED) is 0.705. The minimum atomic E-state index is -0.771. The number of benzene rings is 2. The first-order valence-electron chi connectivity index (χ1n) is 5.81. The van der Waals surface area contributed by atoms with Crippen LogP contribution in [0.15, 0.2) is 52.1 Å². The zero-order chi connectivity index (χ0) is 14.3. The van der Waals surface area contributed by atoms with Crippen molar-refractivity contribution >= 4 is 10.9 Å². The monoisotopic (exact) mass is 272 g/mol. The highest BCUT2D eigenvalue weighted by Crippen LogP contribution is 2.14. The molecule has 0 bridgehead atoms. The zero-order valence-corrected chi connectivity index (χ0v) is 10.1. The van der Waals surface area contributed by atoms with Crippen LogP contribution in [-0.4, -0.2) is 14.7 Å². The lowest BCUT2D eigenvalue weighted by atomic mass is 10.2. The predicted octanol–water partition coefficient (Wildman–Crippen LogP) is 1.52. The maximum atomic E-state index is 13.8. The molecular formula is C14H9FN2O3. The second kappa shape index (κ2) is 4.34.